The summed E-state index contributed by atoms with van der Waals surface area (Å²) in [5, 5.41) is 6.17. The quantitative estimate of drug-likeness (QED) is 0.779. The van der Waals surface area contributed by atoms with Gasteiger partial charge in [0.05, 0.1) is 38.6 Å². The van der Waals surface area contributed by atoms with Gasteiger partial charge in [0.15, 0.2) is 0 Å². The van der Waals surface area contributed by atoms with Gasteiger partial charge in [-0.2, -0.15) is 5.10 Å². The highest BCUT2D eigenvalue weighted by Crippen LogP contribution is 2.35. The number of hydrogen-bond donors (Lipinski definition) is 0. The molecule has 0 saturated carbocycles. The summed E-state index contributed by atoms with van der Waals surface area (Å²) in [5.74, 6) is 0.270. The Balaban J connectivity index is 1.64. The molecule has 0 unspecified atom stereocenters. The Morgan fingerprint density at radius 2 is 2.00 bits per heavy atom. The first-order valence-corrected chi connectivity index (χ1v) is 9.74. The summed E-state index contributed by atoms with van der Waals surface area (Å²) in [6.45, 7) is 2.94. The average molecular weight is 397 g/mol. The van der Waals surface area contributed by atoms with E-state index in [1.807, 2.05) is 30.3 Å². The van der Waals surface area contributed by atoms with Gasteiger partial charge in [-0.3, -0.25) is 9.69 Å². The number of carbonyl (C=O) groups is 1. The van der Waals surface area contributed by atoms with Gasteiger partial charge in [-0.15, -0.1) is 0 Å². The fraction of sp³-hybridized carbons (Fsp3) is 0.364. The lowest BCUT2D eigenvalue weighted by atomic mass is 9.98. The Hall–Kier alpha value is -2.77. The third-order valence-electron chi connectivity index (χ3n) is 5.28. The van der Waals surface area contributed by atoms with Gasteiger partial charge in [0.25, 0.3) is 5.91 Å². The molecule has 1 fully saturated rings. The van der Waals surface area contributed by atoms with E-state index in [1.165, 1.54) is 17.1 Å². The van der Waals surface area contributed by atoms with Gasteiger partial charge in [0.2, 0.25) is 0 Å². The summed E-state index contributed by atoms with van der Waals surface area (Å²) < 4.78 is 24.7. The van der Waals surface area contributed by atoms with Crippen LogP contribution in [-0.4, -0.2) is 61.5 Å². The largest absolute Gasteiger partial charge is 0.496 e. The summed E-state index contributed by atoms with van der Waals surface area (Å²) in [6.07, 6.45) is 0.499. The van der Waals surface area contributed by atoms with Crippen LogP contribution < -0.4 is 4.74 Å². The molecule has 7 heteroatoms. The zero-order valence-corrected chi connectivity index (χ0v) is 16.4. The molecule has 2 aromatic rings. The number of hydrogen-bond acceptors (Lipinski definition) is 5. The van der Waals surface area contributed by atoms with Crippen molar-refractivity contribution in [2.24, 2.45) is 5.10 Å². The summed E-state index contributed by atoms with van der Waals surface area (Å²) in [6, 6.07) is 13.6. The molecule has 29 heavy (non-hydrogen) atoms. The van der Waals surface area contributed by atoms with Crippen molar-refractivity contribution in [2.75, 3.05) is 40.0 Å². The Morgan fingerprint density at radius 3 is 2.76 bits per heavy atom. The second-order valence-corrected chi connectivity index (χ2v) is 7.15. The molecule has 0 bridgehead atoms. The number of carbonyl (C=O) groups excluding carboxylic acids is 1. The molecule has 2 aromatic carbocycles. The molecule has 152 valence electrons. The lowest BCUT2D eigenvalue weighted by molar-refractivity contribution is -0.135. The minimum atomic E-state index is -0.348. The maximum Gasteiger partial charge on any atom is 0.257 e. The van der Waals surface area contributed by atoms with Gasteiger partial charge >= 0.3 is 0 Å². The molecule has 1 saturated heterocycles. The fourth-order valence-electron chi connectivity index (χ4n) is 3.78. The van der Waals surface area contributed by atoms with Gasteiger partial charge in [0.1, 0.15) is 11.6 Å². The van der Waals surface area contributed by atoms with Crippen LogP contribution in [0.25, 0.3) is 0 Å². The molecular weight excluding hydrogens is 373 g/mol. The Kier molecular flexibility index (Phi) is 5.87. The number of methoxy groups -OCH3 is 1. The maximum absolute atomic E-state index is 13.9. The predicted octanol–water partition coefficient (Wildman–Crippen LogP) is 2.84. The van der Waals surface area contributed by atoms with E-state index in [0.29, 0.717) is 38.5 Å². The molecule has 2 heterocycles. The number of para-hydroxylation sites is 1. The van der Waals surface area contributed by atoms with Crippen molar-refractivity contribution in [3.05, 3.63) is 65.5 Å². The highest BCUT2D eigenvalue weighted by molar-refractivity contribution is 6.05. The average Bonchev–Trinajstić information content (AvgIpc) is 3.20. The van der Waals surface area contributed by atoms with Gasteiger partial charge < -0.3 is 9.47 Å². The molecule has 1 amide bonds. The molecular formula is C22H24FN3O3. The number of halogens is 1. The van der Waals surface area contributed by atoms with Crippen molar-refractivity contribution >= 4 is 11.6 Å². The number of rotatable bonds is 5. The van der Waals surface area contributed by atoms with Crippen LogP contribution in [0.5, 0.6) is 5.75 Å². The number of benzene rings is 2. The number of morpholine rings is 1. The number of ether oxygens (including phenoxy) is 2. The molecule has 1 atom stereocenters. The van der Waals surface area contributed by atoms with Crippen molar-refractivity contribution in [1.29, 1.82) is 0 Å². The summed E-state index contributed by atoms with van der Waals surface area (Å²) >= 11 is 0. The molecule has 4 rings (SSSR count). The summed E-state index contributed by atoms with van der Waals surface area (Å²) in [5.41, 5.74) is 2.33. The van der Waals surface area contributed by atoms with Crippen LogP contribution in [0.15, 0.2) is 53.6 Å². The fourth-order valence-corrected chi connectivity index (χ4v) is 3.78. The minimum Gasteiger partial charge on any atom is -0.496 e. The highest BCUT2D eigenvalue weighted by Gasteiger charge is 2.34. The third-order valence-corrected chi connectivity index (χ3v) is 5.28. The first-order chi connectivity index (χ1) is 14.2. The zero-order valence-electron chi connectivity index (χ0n) is 16.4. The van der Waals surface area contributed by atoms with Crippen LogP contribution in [-0.2, 0) is 9.53 Å². The van der Waals surface area contributed by atoms with Gasteiger partial charge in [-0.05, 0) is 29.8 Å². The van der Waals surface area contributed by atoms with E-state index in [2.05, 4.69) is 10.0 Å². The second-order valence-electron chi connectivity index (χ2n) is 7.15. The standard InChI is InChI=1S/C22H24FN3O3/c1-28-21-8-3-2-7-18(21)19-14-20(16-5-4-6-17(23)13-16)26(24-19)22(27)15-25-9-11-29-12-10-25/h2-8,13,20H,9-12,14-15H2,1H3/t20-/m0/s1. The number of nitrogens with zero attached hydrogens (tertiary/aromatic N) is 3. The van der Waals surface area contributed by atoms with Crippen molar-refractivity contribution in [3.63, 3.8) is 0 Å². The predicted molar refractivity (Wildman–Crippen MR) is 107 cm³/mol. The van der Waals surface area contributed by atoms with E-state index in [0.717, 1.165) is 16.8 Å². The highest BCUT2D eigenvalue weighted by atomic mass is 19.1. The Labute approximate surface area is 169 Å². The maximum atomic E-state index is 13.9. The van der Waals surface area contributed by atoms with Gasteiger partial charge in [-0.1, -0.05) is 24.3 Å². The SMILES string of the molecule is COc1ccccc1C1=NN(C(=O)CN2CCOCC2)[C@H](c2cccc(F)c2)C1. The Morgan fingerprint density at radius 1 is 1.21 bits per heavy atom. The smallest absolute Gasteiger partial charge is 0.257 e. The van der Waals surface area contributed by atoms with E-state index in [-0.39, 0.29) is 24.3 Å². The van der Waals surface area contributed by atoms with Crippen molar-refractivity contribution < 1.29 is 18.7 Å². The van der Waals surface area contributed by atoms with E-state index in [9.17, 15) is 9.18 Å². The van der Waals surface area contributed by atoms with E-state index in [1.54, 1.807) is 13.2 Å². The molecule has 2 aliphatic rings. The molecule has 0 aromatic heterocycles. The first-order valence-electron chi connectivity index (χ1n) is 9.74. The number of amides is 1. The van der Waals surface area contributed by atoms with Crippen LogP contribution in [0.4, 0.5) is 4.39 Å². The van der Waals surface area contributed by atoms with Crippen LogP contribution in [0.3, 0.4) is 0 Å². The van der Waals surface area contributed by atoms with Crippen molar-refractivity contribution in [3.8, 4) is 5.75 Å². The second kappa shape index (κ2) is 8.71. The molecule has 0 aliphatic carbocycles. The molecule has 0 spiro atoms. The molecule has 2 aliphatic heterocycles. The lowest BCUT2D eigenvalue weighted by Crippen LogP contribution is -2.43. The monoisotopic (exact) mass is 397 g/mol. The lowest BCUT2D eigenvalue weighted by Gasteiger charge is -2.29. The van der Waals surface area contributed by atoms with Crippen LogP contribution in [0.1, 0.15) is 23.6 Å². The number of hydrazone groups is 1. The minimum absolute atomic E-state index is 0.106. The zero-order chi connectivity index (χ0) is 20.2. The van der Waals surface area contributed by atoms with E-state index < -0.39 is 0 Å². The normalized spacial score (nSPS) is 19.9. The van der Waals surface area contributed by atoms with E-state index >= 15 is 0 Å². The summed E-state index contributed by atoms with van der Waals surface area (Å²) in [4.78, 5) is 15.2. The van der Waals surface area contributed by atoms with Crippen molar-refractivity contribution in [1.82, 2.24) is 9.91 Å². The topological polar surface area (TPSA) is 54.4 Å². The summed E-state index contributed by atoms with van der Waals surface area (Å²) in [7, 11) is 1.61. The van der Waals surface area contributed by atoms with Crippen LogP contribution in [0, 0.1) is 5.82 Å². The van der Waals surface area contributed by atoms with Gasteiger partial charge in [-0.25, -0.2) is 9.40 Å². The molecule has 0 N–H and O–H groups in total. The van der Waals surface area contributed by atoms with Crippen LogP contribution in [0.2, 0.25) is 0 Å². The molecule has 0 radical (unpaired) electrons. The first kappa shape index (κ1) is 19.5. The molecule has 6 nitrogen and oxygen atoms in total. The third kappa shape index (κ3) is 4.31. The van der Waals surface area contributed by atoms with E-state index in [4.69, 9.17) is 9.47 Å². The van der Waals surface area contributed by atoms with Gasteiger partial charge in [0, 0.05) is 25.1 Å². The van der Waals surface area contributed by atoms with Crippen molar-refractivity contribution in [2.45, 2.75) is 12.5 Å². The Bertz CT molecular complexity index is 912. The van der Waals surface area contributed by atoms with Crippen LogP contribution >= 0.6 is 0 Å².